The monoisotopic (exact) mass is 361 g/mol. The van der Waals surface area contributed by atoms with Crippen LogP contribution in [0.5, 0.6) is 0 Å². The standard InChI is InChI=1S/C19H31N5O2/c1-3-16-13(2)17(23-22-16)18(25)20-15-9-11-24(12-10-15)19(26)21-14-7-5-4-6-8-14/h14-15H,3-12H2,1-2H3,(H,20,25)(H,21,26)(H,22,23). The van der Waals surface area contributed by atoms with Gasteiger partial charge in [-0.3, -0.25) is 9.89 Å². The third-order valence-electron chi connectivity index (χ3n) is 5.73. The Morgan fingerprint density at radius 3 is 2.35 bits per heavy atom. The maximum absolute atomic E-state index is 12.5. The molecule has 2 heterocycles. The zero-order chi connectivity index (χ0) is 18.5. The fourth-order valence-corrected chi connectivity index (χ4v) is 3.99. The van der Waals surface area contributed by atoms with E-state index < -0.39 is 0 Å². The van der Waals surface area contributed by atoms with Gasteiger partial charge < -0.3 is 15.5 Å². The van der Waals surface area contributed by atoms with Crippen LogP contribution in [0.1, 0.15) is 73.6 Å². The number of nitrogens with one attached hydrogen (secondary N) is 3. The Bertz CT molecular complexity index is 628. The zero-order valence-corrected chi connectivity index (χ0v) is 15.9. The first kappa shape index (κ1) is 18.7. The van der Waals surface area contributed by atoms with Gasteiger partial charge in [0.05, 0.1) is 0 Å². The van der Waals surface area contributed by atoms with Gasteiger partial charge in [-0.2, -0.15) is 5.10 Å². The van der Waals surface area contributed by atoms with E-state index in [-0.39, 0.29) is 18.0 Å². The molecule has 1 saturated carbocycles. The molecule has 2 fully saturated rings. The van der Waals surface area contributed by atoms with Crippen LogP contribution >= 0.6 is 0 Å². The first-order valence-corrected chi connectivity index (χ1v) is 9.98. The van der Waals surface area contributed by atoms with Gasteiger partial charge in [0.1, 0.15) is 0 Å². The van der Waals surface area contributed by atoms with E-state index in [1.165, 1.54) is 19.3 Å². The number of likely N-dealkylation sites (tertiary alicyclic amines) is 1. The normalized spacial score (nSPS) is 19.4. The molecule has 0 atom stereocenters. The smallest absolute Gasteiger partial charge is 0.317 e. The molecule has 0 spiro atoms. The summed E-state index contributed by atoms with van der Waals surface area (Å²) in [6.07, 6.45) is 8.31. The van der Waals surface area contributed by atoms with Gasteiger partial charge in [0.2, 0.25) is 0 Å². The van der Waals surface area contributed by atoms with Crippen molar-refractivity contribution in [2.45, 2.75) is 77.3 Å². The molecule has 0 bridgehead atoms. The number of aromatic nitrogens is 2. The predicted molar refractivity (Wildman–Crippen MR) is 100 cm³/mol. The van der Waals surface area contributed by atoms with Gasteiger partial charge in [0.25, 0.3) is 5.91 Å². The molecule has 0 unspecified atom stereocenters. The van der Waals surface area contributed by atoms with Crippen LogP contribution in [0.2, 0.25) is 0 Å². The lowest BCUT2D eigenvalue weighted by atomic mass is 9.95. The SMILES string of the molecule is CCc1[nH]nc(C(=O)NC2CCN(C(=O)NC3CCCCC3)CC2)c1C. The summed E-state index contributed by atoms with van der Waals surface area (Å²) in [6.45, 7) is 5.33. The molecule has 3 N–H and O–H groups in total. The van der Waals surface area contributed by atoms with Crippen LogP contribution in [0.15, 0.2) is 0 Å². The molecule has 2 aliphatic rings. The second-order valence-corrected chi connectivity index (χ2v) is 7.55. The van der Waals surface area contributed by atoms with Crippen molar-refractivity contribution < 1.29 is 9.59 Å². The molecular weight excluding hydrogens is 330 g/mol. The van der Waals surface area contributed by atoms with Gasteiger partial charge in [0, 0.05) is 36.4 Å². The third-order valence-corrected chi connectivity index (χ3v) is 5.73. The molecule has 0 aromatic carbocycles. The lowest BCUT2D eigenvalue weighted by Crippen LogP contribution is -2.51. The molecule has 7 heteroatoms. The van der Waals surface area contributed by atoms with Crippen molar-refractivity contribution >= 4 is 11.9 Å². The van der Waals surface area contributed by atoms with Crippen LogP contribution in [0.3, 0.4) is 0 Å². The molecule has 1 aromatic heterocycles. The minimum Gasteiger partial charge on any atom is -0.348 e. The van der Waals surface area contributed by atoms with Crippen molar-refractivity contribution in [1.29, 1.82) is 0 Å². The number of piperidine rings is 1. The van der Waals surface area contributed by atoms with Crippen LogP contribution < -0.4 is 10.6 Å². The van der Waals surface area contributed by atoms with E-state index >= 15 is 0 Å². The first-order valence-electron chi connectivity index (χ1n) is 9.98. The van der Waals surface area contributed by atoms with E-state index in [1.54, 1.807) is 0 Å². The van der Waals surface area contributed by atoms with Crippen molar-refractivity contribution in [3.63, 3.8) is 0 Å². The summed E-state index contributed by atoms with van der Waals surface area (Å²) in [5, 5.41) is 13.3. The van der Waals surface area contributed by atoms with Crippen LogP contribution in [0.25, 0.3) is 0 Å². The molecule has 7 nitrogen and oxygen atoms in total. The Balaban J connectivity index is 1.45. The molecule has 1 aliphatic heterocycles. The first-order chi connectivity index (χ1) is 12.6. The number of carbonyl (C=O) groups is 2. The summed E-state index contributed by atoms with van der Waals surface area (Å²) in [5.74, 6) is -0.122. The van der Waals surface area contributed by atoms with E-state index in [0.717, 1.165) is 43.4 Å². The maximum Gasteiger partial charge on any atom is 0.317 e. The largest absolute Gasteiger partial charge is 0.348 e. The van der Waals surface area contributed by atoms with E-state index in [9.17, 15) is 9.59 Å². The molecule has 0 radical (unpaired) electrons. The number of aryl methyl sites for hydroxylation is 1. The minimum atomic E-state index is -0.122. The average molecular weight is 361 g/mol. The maximum atomic E-state index is 12.5. The zero-order valence-electron chi connectivity index (χ0n) is 15.9. The average Bonchev–Trinajstić information content (AvgIpc) is 3.03. The predicted octanol–water partition coefficient (Wildman–Crippen LogP) is 2.52. The highest BCUT2D eigenvalue weighted by Gasteiger charge is 2.27. The van der Waals surface area contributed by atoms with Gasteiger partial charge in [0.15, 0.2) is 5.69 Å². The molecule has 1 aromatic rings. The molecule has 26 heavy (non-hydrogen) atoms. The number of aromatic amines is 1. The van der Waals surface area contributed by atoms with Crippen molar-refractivity contribution in [1.82, 2.24) is 25.7 Å². The highest BCUT2D eigenvalue weighted by Crippen LogP contribution is 2.18. The Kier molecular flexibility index (Phi) is 6.16. The van der Waals surface area contributed by atoms with Crippen molar-refractivity contribution in [2.75, 3.05) is 13.1 Å². The minimum absolute atomic E-state index is 0.0532. The van der Waals surface area contributed by atoms with Crippen molar-refractivity contribution in [3.8, 4) is 0 Å². The fraction of sp³-hybridized carbons (Fsp3) is 0.737. The Morgan fingerprint density at radius 1 is 1.08 bits per heavy atom. The van der Waals surface area contributed by atoms with Crippen LogP contribution in [0, 0.1) is 6.92 Å². The molecule has 3 amide bonds. The second kappa shape index (κ2) is 8.56. The summed E-state index contributed by atoms with van der Waals surface area (Å²) in [7, 11) is 0. The van der Waals surface area contributed by atoms with Crippen LogP contribution in [-0.2, 0) is 6.42 Å². The quantitative estimate of drug-likeness (QED) is 0.770. The second-order valence-electron chi connectivity index (χ2n) is 7.55. The summed E-state index contributed by atoms with van der Waals surface area (Å²) in [6, 6.07) is 0.490. The van der Waals surface area contributed by atoms with Crippen molar-refractivity contribution in [2.24, 2.45) is 0 Å². The third kappa shape index (κ3) is 4.37. The van der Waals surface area contributed by atoms with E-state index in [0.29, 0.717) is 24.8 Å². The number of rotatable bonds is 4. The lowest BCUT2D eigenvalue weighted by Gasteiger charge is -2.34. The number of nitrogens with zero attached hydrogens (tertiary/aromatic N) is 2. The van der Waals surface area contributed by atoms with Gasteiger partial charge in [-0.25, -0.2) is 4.79 Å². The molecule has 1 aliphatic carbocycles. The number of H-pyrrole nitrogens is 1. The lowest BCUT2D eigenvalue weighted by molar-refractivity contribution is 0.0911. The van der Waals surface area contributed by atoms with Gasteiger partial charge in [-0.05, 0) is 39.0 Å². The van der Waals surface area contributed by atoms with E-state index in [1.807, 2.05) is 18.7 Å². The molecule has 3 rings (SSSR count). The van der Waals surface area contributed by atoms with Crippen LogP contribution in [0.4, 0.5) is 4.79 Å². The highest BCUT2D eigenvalue weighted by molar-refractivity contribution is 5.94. The molecule has 144 valence electrons. The van der Waals surface area contributed by atoms with Crippen molar-refractivity contribution in [3.05, 3.63) is 17.0 Å². The summed E-state index contributed by atoms with van der Waals surface area (Å²) in [4.78, 5) is 26.7. The summed E-state index contributed by atoms with van der Waals surface area (Å²) < 4.78 is 0. The number of urea groups is 1. The molecule has 1 saturated heterocycles. The summed E-state index contributed by atoms with van der Waals surface area (Å²) in [5.41, 5.74) is 2.41. The topological polar surface area (TPSA) is 90.1 Å². The van der Waals surface area contributed by atoms with E-state index in [2.05, 4.69) is 20.8 Å². The number of carbonyl (C=O) groups excluding carboxylic acids is 2. The van der Waals surface area contributed by atoms with Crippen LogP contribution in [-0.4, -0.2) is 52.2 Å². The fourth-order valence-electron chi connectivity index (χ4n) is 3.99. The number of hydrogen-bond acceptors (Lipinski definition) is 3. The Labute approximate surface area is 155 Å². The molecular formula is C19H31N5O2. The Hall–Kier alpha value is -2.05. The Morgan fingerprint density at radius 2 is 1.73 bits per heavy atom. The highest BCUT2D eigenvalue weighted by atomic mass is 16.2. The number of amides is 3. The van der Waals surface area contributed by atoms with Gasteiger partial charge in [-0.1, -0.05) is 26.2 Å². The van der Waals surface area contributed by atoms with Gasteiger partial charge in [-0.15, -0.1) is 0 Å². The summed E-state index contributed by atoms with van der Waals surface area (Å²) >= 11 is 0. The van der Waals surface area contributed by atoms with E-state index in [4.69, 9.17) is 0 Å². The number of hydrogen-bond donors (Lipinski definition) is 3. The van der Waals surface area contributed by atoms with Gasteiger partial charge >= 0.3 is 6.03 Å².